The van der Waals surface area contributed by atoms with Gasteiger partial charge in [-0.3, -0.25) is 9.58 Å². The number of benzene rings is 2. The Bertz CT molecular complexity index is 1420. The Kier molecular flexibility index (Phi) is 8.50. The van der Waals surface area contributed by atoms with Crippen molar-refractivity contribution in [2.45, 2.75) is 44.3 Å². The van der Waals surface area contributed by atoms with Gasteiger partial charge in [-0.25, -0.2) is 9.78 Å². The lowest BCUT2D eigenvalue weighted by Crippen LogP contribution is -2.48. The summed E-state index contributed by atoms with van der Waals surface area (Å²) in [6.07, 6.45) is 8.96. The van der Waals surface area contributed by atoms with E-state index >= 15 is 0 Å². The fraction of sp³-hybridized carbons (Fsp3) is 0.333. The number of hydrogen-bond acceptors (Lipinski definition) is 6. The summed E-state index contributed by atoms with van der Waals surface area (Å²) in [5, 5.41) is 11.4. The summed E-state index contributed by atoms with van der Waals surface area (Å²) < 4.78 is 1.79. The molecule has 2 amide bonds. The standard InChI is InChI=1S/C30H35ClN8O/c1-37(2)28-27(31)19-32-29(36-28)35-24-11-15-26(16-12-24)39(30(40)33-17-21-7-5-4-6-8-21)25-13-9-22(10-14-25)23-18-34-38(3)20-23/h4-10,13-14,18-20,24,26H,11-12,15-17H2,1-3H3,(H,33,40)(H,32,35,36)/t24-,26-. The Morgan fingerprint density at radius 2 is 1.73 bits per heavy atom. The van der Waals surface area contributed by atoms with E-state index in [9.17, 15) is 4.79 Å². The largest absolute Gasteiger partial charge is 0.361 e. The van der Waals surface area contributed by atoms with E-state index in [0.717, 1.165) is 48.1 Å². The zero-order valence-electron chi connectivity index (χ0n) is 23.1. The number of rotatable bonds is 8. The van der Waals surface area contributed by atoms with Crippen molar-refractivity contribution in [1.82, 2.24) is 25.1 Å². The molecule has 0 aliphatic heterocycles. The number of nitrogens with one attached hydrogen (secondary N) is 2. The van der Waals surface area contributed by atoms with Crippen molar-refractivity contribution < 1.29 is 4.79 Å². The molecule has 2 heterocycles. The van der Waals surface area contributed by atoms with E-state index in [2.05, 4.69) is 37.8 Å². The van der Waals surface area contributed by atoms with Crippen LogP contribution in [0.25, 0.3) is 11.1 Å². The van der Waals surface area contributed by atoms with Gasteiger partial charge in [-0.05, 0) is 48.9 Å². The van der Waals surface area contributed by atoms with Crippen LogP contribution < -0.4 is 20.4 Å². The Morgan fingerprint density at radius 1 is 1.00 bits per heavy atom. The summed E-state index contributed by atoms with van der Waals surface area (Å²) in [5.74, 6) is 1.25. The highest BCUT2D eigenvalue weighted by Crippen LogP contribution is 2.31. The number of urea groups is 1. The molecule has 1 fully saturated rings. The van der Waals surface area contributed by atoms with Crippen molar-refractivity contribution in [3.8, 4) is 11.1 Å². The number of anilines is 3. The minimum Gasteiger partial charge on any atom is -0.361 e. The molecule has 0 unspecified atom stereocenters. The second-order valence-corrected chi connectivity index (χ2v) is 10.8. The maximum absolute atomic E-state index is 13.6. The molecular weight excluding hydrogens is 524 g/mol. The number of nitrogens with zero attached hydrogens (tertiary/aromatic N) is 6. The number of carbonyl (C=O) groups is 1. The maximum Gasteiger partial charge on any atom is 0.322 e. The number of hydrogen-bond donors (Lipinski definition) is 2. The van der Waals surface area contributed by atoms with Crippen molar-refractivity contribution in [3.05, 3.63) is 83.8 Å². The van der Waals surface area contributed by atoms with Gasteiger partial charge in [-0.2, -0.15) is 10.1 Å². The topological polar surface area (TPSA) is 91.2 Å². The van der Waals surface area contributed by atoms with Crippen LogP contribution in [0.4, 0.5) is 22.2 Å². The molecule has 10 heteroatoms. The number of amides is 2. The molecule has 0 spiro atoms. The number of carbonyl (C=O) groups excluding carboxylic acids is 1. The molecule has 0 saturated heterocycles. The summed E-state index contributed by atoms with van der Waals surface area (Å²) >= 11 is 6.24. The van der Waals surface area contributed by atoms with Crippen LogP contribution in [0, 0.1) is 0 Å². The molecule has 2 N–H and O–H groups in total. The molecule has 1 aliphatic carbocycles. The molecule has 40 heavy (non-hydrogen) atoms. The highest BCUT2D eigenvalue weighted by molar-refractivity contribution is 6.32. The van der Waals surface area contributed by atoms with Crippen molar-refractivity contribution in [3.63, 3.8) is 0 Å². The van der Waals surface area contributed by atoms with E-state index in [-0.39, 0.29) is 18.1 Å². The van der Waals surface area contributed by atoms with Crippen LogP contribution in [0.15, 0.2) is 73.2 Å². The molecule has 9 nitrogen and oxygen atoms in total. The van der Waals surface area contributed by atoms with Gasteiger partial charge in [0, 0.05) is 57.2 Å². The summed E-state index contributed by atoms with van der Waals surface area (Å²) in [7, 11) is 5.72. The van der Waals surface area contributed by atoms with Crippen molar-refractivity contribution in [1.29, 1.82) is 0 Å². The predicted octanol–water partition coefficient (Wildman–Crippen LogP) is 5.74. The minimum absolute atomic E-state index is 0.0709. The Morgan fingerprint density at radius 3 is 2.38 bits per heavy atom. The molecule has 2 aromatic heterocycles. The Labute approximate surface area is 240 Å². The molecule has 5 rings (SSSR count). The van der Waals surface area contributed by atoms with E-state index in [1.165, 1.54) is 0 Å². The minimum atomic E-state index is -0.0916. The van der Waals surface area contributed by atoms with E-state index < -0.39 is 0 Å². The number of halogens is 1. The van der Waals surface area contributed by atoms with Crippen LogP contribution in [0.2, 0.25) is 5.02 Å². The monoisotopic (exact) mass is 558 g/mol. The first kappa shape index (κ1) is 27.5. The highest BCUT2D eigenvalue weighted by Gasteiger charge is 2.30. The first-order valence-corrected chi connectivity index (χ1v) is 13.9. The van der Waals surface area contributed by atoms with Gasteiger partial charge in [0.15, 0.2) is 5.82 Å². The van der Waals surface area contributed by atoms with Crippen LogP contribution in [-0.4, -0.2) is 52.0 Å². The third kappa shape index (κ3) is 6.54. The quantitative estimate of drug-likeness (QED) is 0.287. The molecule has 208 valence electrons. The van der Waals surface area contributed by atoms with Crippen LogP contribution >= 0.6 is 11.6 Å². The third-order valence-corrected chi connectivity index (χ3v) is 7.50. The summed E-state index contributed by atoms with van der Waals surface area (Å²) in [6.45, 7) is 0.475. The Hall–Kier alpha value is -4.11. The zero-order chi connectivity index (χ0) is 28.1. The van der Waals surface area contributed by atoms with Gasteiger partial charge >= 0.3 is 6.03 Å². The SMILES string of the molecule is CN(C)c1nc(N[C@H]2CC[C@H](N(C(=O)NCc3ccccc3)c3ccc(-c4cnn(C)c4)cc3)CC2)ncc1Cl. The summed E-state index contributed by atoms with van der Waals surface area (Å²) in [6, 6.07) is 18.3. The zero-order valence-corrected chi connectivity index (χ0v) is 23.8. The fourth-order valence-corrected chi connectivity index (χ4v) is 5.40. The molecule has 4 aromatic rings. The van der Waals surface area contributed by atoms with E-state index in [0.29, 0.717) is 23.3 Å². The molecule has 1 aliphatic rings. The highest BCUT2D eigenvalue weighted by atomic mass is 35.5. The van der Waals surface area contributed by atoms with Gasteiger partial charge in [0.2, 0.25) is 5.95 Å². The van der Waals surface area contributed by atoms with Crippen molar-refractivity contribution in [2.24, 2.45) is 7.05 Å². The van der Waals surface area contributed by atoms with Gasteiger partial charge < -0.3 is 15.5 Å². The van der Waals surface area contributed by atoms with Gasteiger partial charge in [-0.15, -0.1) is 0 Å². The first-order chi connectivity index (χ1) is 19.4. The van der Waals surface area contributed by atoms with Gasteiger partial charge in [0.1, 0.15) is 5.02 Å². The predicted molar refractivity (Wildman–Crippen MR) is 161 cm³/mol. The number of aryl methyl sites for hydroxylation is 1. The third-order valence-electron chi connectivity index (χ3n) is 7.23. The van der Waals surface area contributed by atoms with Crippen molar-refractivity contribution in [2.75, 3.05) is 29.2 Å². The summed E-state index contributed by atoms with van der Waals surface area (Å²) in [4.78, 5) is 26.4. The average Bonchev–Trinajstić information content (AvgIpc) is 3.41. The lowest BCUT2D eigenvalue weighted by Gasteiger charge is -2.37. The van der Waals surface area contributed by atoms with E-state index in [4.69, 9.17) is 11.6 Å². The second kappa shape index (κ2) is 12.4. The van der Waals surface area contributed by atoms with E-state index in [1.54, 1.807) is 10.9 Å². The molecule has 2 aromatic carbocycles. The maximum atomic E-state index is 13.6. The molecule has 0 atom stereocenters. The van der Waals surface area contributed by atoms with Crippen molar-refractivity contribution >= 4 is 35.1 Å². The van der Waals surface area contributed by atoms with Crippen LogP contribution in [-0.2, 0) is 13.6 Å². The Balaban J connectivity index is 1.30. The lowest BCUT2D eigenvalue weighted by atomic mass is 9.90. The molecule has 0 radical (unpaired) electrons. The normalized spacial score (nSPS) is 16.8. The van der Waals surface area contributed by atoms with Gasteiger partial charge in [-0.1, -0.05) is 54.1 Å². The average molecular weight is 559 g/mol. The van der Waals surface area contributed by atoms with Gasteiger partial charge in [0.05, 0.1) is 12.4 Å². The van der Waals surface area contributed by atoms with Crippen LogP contribution in [0.5, 0.6) is 0 Å². The second-order valence-electron chi connectivity index (χ2n) is 10.4. The first-order valence-electron chi connectivity index (χ1n) is 13.5. The van der Waals surface area contributed by atoms with Crippen LogP contribution in [0.3, 0.4) is 0 Å². The molecular formula is C30H35ClN8O. The van der Waals surface area contributed by atoms with E-state index in [1.807, 2.05) is 85.8 Å². The van der Waals surface area contributed by atoms with Crippen LogP contribution in [0.1, 0.15) is 31.2 Å². The summed E-state index contributed by atoms with van der Waals surface area (Å²) in [5.41, 5.74) is 4.05. The molecule has 0 bridgehead atoms. The lowest BCUT2D eigenvalue weighted by molar-refractivity contribution is 0.240. The van der Waals surface area contributed by atoms with Gasteiger partial charge in [0.25, 0.3) is 0 Å². The molecule has 1 saturated carbocycles. The smallest absolute Gasteiger partial charge is 0.322 e. The fourth-order valence-electron chi connectivity index (χ4n) is 5.14. The number of aromatic nitrogens is 4.